The van der Waals surface area contributed by atoms with Gasteiger partial charge in [-0.1, -0.05) is 37.6 Å². The minimum atomic E-state index is -1.16. The van der Waals surface area contributed by atoms with Crippen molar-refractivity contribution < 1.29 is 13.8 Å². The Labute approximate surface area is 201 Å². The minimum absolute atomic E-state index is 0.112. The fourth-order valence-corrected chi connectivity index (χ4v) is 5.08. The van der Waals surface area contributed by atoms with Gasteiger partial charge in [0.15, 0.2) is 0 Å². The summed E-state index contributed by atoms with van der Waals surface area (Å²) in [5.74, 6) is -0.112. The smallest absolute Gasteiger partial charge is 0.259 e. The second-order valence-electron chi connectivity index (χ2n) is 8.32. The Morgan fingerprint density at radius 3 is 2.27 bits per heavy atom. The summed E-state index contributed by atoms with van der Waals surface area (Å²) < 4.78 is 14.3. The van der Waals surface area contributed by atoms with Gasteiger partial charge in [-0.05, 0) is 46.6 Å². The first-order valence-electron chi connectivity index (χ1n) is 11.8. The van der Waals surface area contributed by atoms with Gasteiger partial charge in [0.1, 0.15) is 0 Å². The molecule has 184 valence electrons. The van der Waals surface area contributed by atoms with Crippen LogP contribution in [-0.4, -0.2) is 49.5 Å². The van der Waals surface area contributed by atoms with Gasteiger partial charge in [-0.3, -0.25) is 4.79 Å². The van der Waals surface area contributed by atoms with E-state index >= 15 is 0 Å². The molecule has 2 N–H and O–H groups in total. The first kappa shape index (κ1) is 29.1. The Morgan fingerprint density at radius 1 is 1.06 bits per heavy atom. The van der Waals surface area contributed by atoms with Crippen LogP contribution in [0, 0.1) is 11.3 Å². The van der Waals surface area contributed by atoms with Gasteiger partial charge < -0.3 is 19.7 Å². The van der Waals surface area contributed by atoms with Gasteiger partial charge in [0, 0.05) is 42.5 Å². The number of benzene rings is 1. The van der Waals surface area contributed by atoms with Crippen molar-refractivity contribution in [1.82, 2.24) is 15.3 Å². The molecular formula is C25H41N4O3P. The van der Waals surface area contributed by atoms with E-state index in [4.69, 9.17) is 14.3 Å². The number of hydrogen-bond acceptors (Lipinski definition) is 6. The molecule has 1 aromatic rings. The van der Waals surface area contributed by atoms with Crippen molar-refractivity contribution in [3.8, 4) is 6.07 Å². The van der Waals surface area contributed by atoms with E-state index in [1.807, 2.05) is 18.2 Å². The molecule has 1 amide bonds. The van der Waals surface area contributed by atoms with Gasteiger partial charge in [0.05, 0.1) is 25.7 Å². The van der Waals surface area contributed by atoms with Gasteiger partial charge in [-0.15, -0.1) is 0 Å². The van der Waals surface area contributed by atoms with Crippen LogP contribution in [0.1, 0.15) is 75.7 Å². The highest BCUT2D eigenvalue weighted by Crippen LogP contribution is 2.46. The van der Waals surface area contributed by atoms with Crippen LogP contribution in [0.25, 0.3) is 5.70 Å². The number of carbonyl (C=O) groups is 1. The first-order valence-corrected chi connectivity index (χ1v) is 12.9. The Hall–Kier alpha value is -1.97. The summed E-state index contributed by atoms with van der Waals surface area (Å²) in [6, 6.07) is 10.2. The first-order chi connectivity index (χ1) is 15.8. The van der Waals surface area contributed by atoms with Crippen LogP contribution in [0.15, 0.2) is 30.8 Å². The molecule has 7 nitrogen and oxygen atoms in total. The molecule has 0 saturated carbocycles. The number of nitrogens with zero attached hydrogens (tertiary/aromatic N) is 2. The zero-order valence-electron chi connectivity index (χ0n) is 20.9. The lowest BCUT2D eigenvalue weighted by molar-refractivity contribution is 0.0962. The SMILES string of the molecule is C=C(NCCCCCCOP(OCCC#N)N(C(C)C)C(C)C)c1ccccc1C(=O)NC. The van der Waals surface area contributed by atoms with Crippen molar-refractivity contribution in [2.75, 3.05) is 26.8 Å². The fraction of sp³-hybridized carbons (Fsp3) is 0.600. The Bertz CT molecular complexity index is 756. The molecule has 1 aromatic carbocycles. The quantitative estimate of drug-likeness (QED) is 0.229. The number of amides is 1. The van der Waals surface area contributed by atoms with E-state index < -0.39 is 8.53 Å². The van der Waals surface area contributed by atoms with Crippen molar-refractivity contribution in [2.24, 2.45) is 0 Å². The van der Waals surface area contributed by atoms with Crippen LogP contribution in [0.2, 0.25) is 0 Å². The van der Waals surface area contributed by atoms with Gasteiger partial charge in [-0.25, -0.2) is 4.67 Å². The molecule has 0 saturated heterocycles. The summed E-state index contributed by atoms with van der Waals surface area (Å²) in [7, 11) is 0.468. The van der Waals surface area contributed by atoms with Crippen molar-refractivity contribution in [2.45, 2.75) is 71.9 Å². The van der Waals surface area contributed by atoms with E-state index in [0.717, 1.165) is 43.5 Å². The maximum atomic E-state index is 12.0. The van der Waals surface area contributed by atoms with Crippen molar-refractivity contribution in [3.05, 3.63) is 42.0 Å². The normalized spacial score (nSPS) is 12.1. The maximum Gasteiger partial charge on any atom is 0.259 e. The number of rotatable bonds is 17. The highest BCUT2D eigenvalue weighted by molar-refractivity contribution is 7.44. The fourth-order valence-electron chi connectivity index (χ4n) is 3.45. The maximum absolute atomic E-state index is 12.0. The van der Waals surface area contributed by atoms with Gasteiger partial charge in [0.25, 0.3) is 14.4 Å². The number of unbranched alkanes of at least 4 members (excludes halogenated alkanes) is 3. The Balaban J connectivity index is 2.35. The molecule has 33 heavy (non-hydrogen) atoms. The predicted octanol–water partition coefficient (Wildman–Crippen LogP) is 5.46. The standard InChI is InChI=1S/C25H41N4O3P/c1-20(2)29(21(3)4)33(32-19-13-16-26)31-18-12-8-7-11-17-28-22(5)23-14-9-10-15-24(23)25(30)27-6/h9-10,14-15,20-21,28H,5,7-8,11-13,17-19H2,1-4,6H3,(H,27,30). The number of hydrogen-bond donors (Lipinski definition) is 2. The topological polar surface area (TPSA) is 86.6 Å². The molecule has 0 aliphatic rings. The molecule has 8 heteroatoms. The predicted molar refractivity (Wildman–Crippen MR) is 137 cm³/mol. The average molecular weight is 477 g/mol. The number of nitrogens with one attached hydrogen (secondary N) is 2. The molecular weight excluding hydrogens is 435 g/mol. The van der Waals surface area contributed by atoms with E-state index in [1.54, 1.807) is 13.1 Å². The molecule has 1 unspecified atom stereocenters. The molecule has 0 bridgehead atoms. The molecule has 1 rings (SSSR count). The van der Waals surface area contributed by atoms with Crippen LogP contribution >= 0.6 is 8.53 Å². The van der Waals surface area contributed by atoms with Crippen LogP contribution in [-0.2, 0) is 9.05 Å². The average Bonchev–Trinajstić information content (AvgIpc) is 2.79. The zero-order valence-corrected chi connectivity index (χ0v) is 21.8. The van der Waals surface area contributed by atoms with E-state index in [9.17, 15) is 4.79 Å². The second kappa shape index (κ2) is 16.6. The molecule has 0 spiro atoms. The van der Waals surface area contributed by atoms with E-state index in [1.165, 1.54) is 0 Å². The van der Waals surface area contributed by atoms with E-state index in [-0.39, 0.29) is 5.91 Å². The molecule has 0 radical (unpaired) electrons. The van der Waals surface area contributed by atoms with Crippen LogP contribution < -0.4 is 10.6 Å². The zero-order chi connectivity index (χ0) is 24.6. The van der Waals surface area contributed by atoms with Crippen molar-refractivity contribution in [1.29, 1.82) is 5.26 Å². The summed E-state index contributed by atoms with van der Waals surface area (Å²) in [4.78, 5) is 12.0. The molecule has 0 fully saturated rings. The van der Waals surface area contributed by atoms with Gasteiger partial charge >= 0.3 is 0 Å². The highest BCUT2D eigenvalue weighted by Gasteiger charge is 2.26. The van der Waals surface area contributed by atoms with Crippen molar-refractivity contribution >= 4 is 20.1 Å². The summed E-state index contributed by atoms with van der Waals surface area (Å²) >= 11 is 0. The monoisotopic (exact) mass is 476 g/mol. The lowest BCUT2D eigenvalue weighted by atomic mass is 10.0. The lowest BCUT2D eigenvalue weighted by Crippen LogP contribution is -2.33. The minimum Gasteiger partial charge on any atom is -0.385 e. The van der Waals surface area contributed by atoms with E-state index in [0.29, 0.717) is 37.3 Å². The molecule has 0 heterocycles. The molecule has 1 atom stereocenters. The van der Waals surface area contributed by atoms with Gasteiger partial charge in [0.2, 0.25) is 0 Å². The molecule has 0 aliphatic heterocycles. The summed E-state index contributed by atoms with van der Waals surface area (Å²) in [6.45, 7) is 14.5. The molecule has 0 aromatic heterocycles. The summed E-state index contributed by atoms with van der Waals surface area (Å²) in [6.07, 6.45) is 4.49. The Kier molecular flexibility index (Phi) is 14.6. The largest absolute Gasteiger partial charge is 0.385 e. The van der Waals surface area contributed by atoms with Crippen LogP contribution in [0.5, 0.6) is 0 Å². The van der Waals surface area contributed by atoms with Crippen molar-refractivity contribution in [3.63, 3.8) is 0 Å². The number of nitriles is 1. The Morgan fingerprint density at radius 2 is 1.67 bits per heavy atom. The van der Waals surface area contributed by atoms with E-state index in [2.05, 4.69) is 55.6 Å². The van der Waals surface area contributed by atoms with Crippen LogP contribution in [0.3, 0.4) is 0 Å². The molecule has 0 aliphatic carbocycles. The summed E-state index contributed by atoms with van der Waals surface area (Å²) in [5.41, 5.74) is 2.22. The van der Waals surface area contributed by atoms with Gasteiger partial charge in [-0.2, -0.15) is 5.26 Å². The van der Waals surface area contributed by atoms with Crippen LogP contribution in [0.4, 0.5) is 0 Å². The third-order valence-corrected chi connectivity index (χ3v) is 7.11. The summed E-state index contributed by atoms with van der Waals surface area (Å²) in [5, 5.41) is 14.8. The third-order valence-electron chi connectivity index (χ3n) is 5.00. The highest BCUT2D eigenvalue weighted by atomic mass is 31.2. The number of carbonyl (C=O) groups excluding carboxylic acids is 1. The third kappa shape index (κ3) is 10.7. The second-order valence-corrected chi connectivity index (χ2v) is 9.78. The lowest BCUT2D eigenvalue weighted by Gasteiger charge is -2.35.